The molecule has 120 valence electrons. The molecule has 0 bridgehead atoms. The Bertz CT molecular complexity index is 386. The summed E-state index contributed by atoms with van der Waals surface area (Å²) >= 11 is 5.87. The predicted octanol–water partition coefficient (Wildman–Crippen LogP) is 2.49. The van der Waals surface area contributed by atoms with Crippen molar-refractivity contribution in [3.05, 3.63) is 23.8 Å². The minimum atomic E-state index is 0.396. The highest BCUT2D eigenvalue weighted by molar-refractivity contribution is 6.17. The first kappa shape index (κ1) is 18.0. The molecule has 21 heavy (non-hydrogen) atoms. The van der Waals surface area contributed by atoms with Crippen molar-refractivity contribution in [3.63, 3.8) is 0 Å². The van der Waals surface area contributed by atoms with Crippen molar-refractivity contribution in [2.45, 2.75) is 5.88 Å². The lowest BCUT2D eigenvalue weighted by atomic mass is 10.2. The molecular weight excluding hydrogens is 296 g/mol. The molecule has 0 radical (unpaired) electrons. The Morgan fingerprint density at radius 3 is 2.19 bits per heavy atom. The summed E-state index contributed by atoms with van der Waals surface area (Å²) in [6.07, 6.45) is 0. The van der Waals surface area contributed by atoms with Crippen molar-refractivity contribution < 1.29 is 23.7 Å². The van der Waals surface area contributed by atoms with Gasteiger partial charge in [-0.2, -0.15) is 0 Å². The Balaban J connectivity index is 2.17. The normalized spacial score (nSPS) is 10.6. The zero-order valence-electron chi connectivity index (χ0n) is 12.6. The lowest BCUT2D eigenvalue weighted by Gasteiger charge is -2.12. The quantitative estimate of drug-likeness (QED) is 0.438. The van der Waals surface area contributed by atoms with Crippen LogP contribution in [-0.4, -0.2) is 53.9 Å². The summed E-state index contributed by atoms with van der Waals surface area (Å²) in [7, 11) is 3.26. The zero-order valence-corrected chi connectivity index (χ0v) is 13.4. The van der Waals surface area contributed by atoms with Gasteiger partial charge in [0.05, 0.1) is 46.0 Å². The average Bonchev–Trinajstić information content (AvgIpc) is 2.53. The van der Waals surface area contributed by atoms with E-state index in [0.717, 1.165) is 17.1 Å². The highest BCUT2D eigenvalue weighted by Crippen LogP contribution is 2.26. The Labute approximate surface area is 131 Å². The molecule has 0 aliphatic rings. The maximum Gasteiger partial charge on any atom is 0.127 e. The van der Waals surface area contributed by atoms with E-state index in [0.29, 0.717) is 45.5 Å². The molecule has 0 saturated heterocycles. The number of hydrogen-bond acceptors (Lipinski definition) is 5. The van der Waals surface area contributed by atoms with Gasteiger partial charge in [-0.1, -0.05) is 6.07 Å². The van der Waals surface area contributed by atoms with Gasteiger partial charge in [-0.3, -0.25) is 0 Å². The van der Waals surface area contributed by atoms with Gasteiger partial charge in [0.25, 0.3) is 0 Å². The van der Waals surface area contributed by atoms with Crippen LogP contribution in [0, 0.1) is 0 Å². The third-order valence-electron chi connectivity index (χ3n) is 2.71. The number of halogens is 1. The van der Waals surface area contributed by atoms with E-state index < -0.39 is 0 Å². The molecule has 5 nitrogen and oxygen atoms in total. The summed E-state index contributed by atoms with van der Waals surface area (Å²) in [4.78, 5) is 0. The number of hydrogen-bond donors (Lipinski definition) is 0. The highest BCUT2D eigenvalue weighted by atomic mass is 35.5. The summed E-state index contributed by atoms with van der Waals surface area (Å²) in [5, 5.41) is 0. The number of rotatable bonds is 12. The van der Waals surface area contributed by atoms with Crippen LogP contribution in [0.4, 0.5) is 0 Å². The van der Waals surface area contributed by atoms with Crippen LogP contribution in [0.1, 0.15) is 5.56 Å². The zero-order chi connectivity index (χ0) is 15.3. The SMILES string of the molecule is COCCOCCOCCOc1cc(OC)ccc1CCl. The monoisotopic (exact) mass is 318 g/mol. The van der Waals surface area contributed by atoms with Crippen molar-refractivity contribution in [2.24, 2.45) is 0 Å². The molecule has 0 aromatic heterocycles. The summed E-state index contributed by atoms with van der Waals surface area (Å²) in [5.74, 6) is 1.86. The Hall–Kier alpha value is -1.01. The maximum atomic E-state index is 5.87. The first-order valence-electron chi connectivity index (χ1n) is 6.82. The van der Waals surface area contributed by atoms with E-state index in [1.807, 2.05) is 18.2 Å². The molecule has 1 aromatic carbocycles. The van der Waals surface area contributed by atoms with E-state index >= 15 is 0 Å². The van der Waals surface area contributed by atoms with Gasteiger partial charge in [-0.05, 0) is 6.07 Å². The van der Waals surface area contributed by atoms with E-state index in [1.165, 1.54) is 0 Å². The van der Waals surface area contributed by atoms with Gasteiger partial charge in [-0.25, -0.2) is 0 Å². The molecule has 0 aliphatic carbocycles. The van der Waals surface area contributed by atoms with Crippen molar-refractivity contribution in [3.8, 4) is 11.5 Å². The van der Waals surface area contributed by atoms with Crippen LogP contribution in [0.3, 0.4) is 0 Å². The number of alkyl halides is 1. The molecule has 0 N–H and O–H groups in total. The van der Waals surface area contributed by atoms with Gasteiger partial charge >= 0.3 is 0 Å². The molecule has 1 aromatic rings. The van der Waals surface area contributed by atoms with Gasteiger partial charge in [0.2, 0.25) is 0 Å². The van der Waals surface area contributed by atoms with Gasteiger partial charge < -0.3 is 23.7 Å². The van der Waals surface area contributed by atoms with E-state index in [4.69, 9.17) is 35.3 Å². The third kappa shape index (κ3) is 7.52. The molecule has 0 atom stereocenters. The third-order valence-corrected chi connectivity index (χ3v) is 3.00. The second-order valence-electron chi connectivity index (χ2n) is 4.17. The first-order chi connectivity index (χ1) is 10.3. The molecule has 6 heteroatoms. The molecule has 0 aliphatic heterocycles. The molecule has 0 unspecified atom stereocenters. The van der Waals surface area contributed by atoms with Gasteiger partial charge in [0.1, 0.15) is 18.1 Å². The average molecular weight is 319 g/mol. The molecule has 1 rings (SSSR count). The fraction of sp³-hybridized carbons (Fsp3) is 0.600. The van der Waals surface area contributed by atoms with Crippen LogP contribution >= 0.6 is 11.6 Å². The summed E-state index contributed by atoms with van der Waals surface area (Å²) < 4.78 is 26.4. The van der Waals surface area contributed by atoms with Crippen LogP contribution in [0.25, 0.3) is 0 Å². The molecule has 0 saturated carbocycles. The maximum absolute atomic E-state index is 5.87. The molecule has 0 heterocycles. The summed E-state index contributed by atoms with van der Waals surface area (Å²) in [6.45, 7) is 3.21. The van der Waals surface area contributed by atoms with E-state index in [-0.39, 0.29) is 0 Å². The Morgan fingerprint density at radius 2 is 1.57 bits per heavy atom. The fourth-order valence-corrected chi connectivity index (χ4v) is 1.80. The van der Waals surface area contributed by atoms with Crippen molar-refractivity contribution in [1.82, 2.24) is 0 Å². The van der Waals surface area contributed by atoms with Crippen LogP contribution in [-0.2, 0) is 20.1 Å². The van der Waals surface area contributed by atoms with Crippen molar-refractivity contribution in [1.29, 1.82) is 0 Å². The minimum absolute atomic E-state index is 0.396. The summed E-state index contributed by atoms with van der Waals surface area (Å²) in [5.41, 5.74) is 0.931. The number of benzene rings is 1. The second-order valence-corrected chi connectivity index (χ2v) is 4.44. The smallest absolute Gasteiger partial charge is 0.127 e. The van der Waals surface area contributed by atoms with Gasteiger partial charge in [0.15, 0.2) is 0 Å². The summed E-state index contributed by atoms with van der Waals surface area (Å²) in [6, 6.07) is 5.58. The van der Waals surface area contributed by atoms with Crippen LogP contribution in [0.2, 0.25) is 0 Å². The predicted molar refractivity (Wildman–Crippen MR) is 81.6 cm³/mol. The van der Waals surface area contributed by atoms with E-state index in [2.05, 4.69) is 0 Å². The minimum Gasteiger partial charge on any atom is -0.497 e. The van der Waals surface area contributed by atoms with Crippen LogP contribution < -0.4 is 9.47 Å². The molecular formula is C15H23ClO5. The lowest BCUT2D eigenvalue weighted by Crippen LogP contribution is -2.12. The van der Waals surface area contributed by atoms with E-state index in [1.54, 1.807) is 14.2 Å². The molecule has 0 fully saturated rings. The molecule has 0 amide bonds. The highest BCUT2D eigenvalue weighted by Gasteiger charge is 2.05. The Kier molecular flexibility index (Phi) is 9.99. The Morgan fingerprint density at radius 1 is 0.905 bits per heavy atom. The fourth-order valence-electron chi connectivity index (χ4n) is 1.58. The number of methoxy groups -OCH3 is 2. The standard InChI is InChI=1S/C15H23ClO5/c1-17-5-6-19-7-8-20-9-10-21-15-11-14(18-2)4-3-13(15)12-16/h3-4,11H,5-10,12H2,1-2H3. The van der Waals surface area contributed by atoms with Gasteiger partial charge in [-0.15, -0.1) is 11.6 Å². The van der Waals surface area contributed by atoms with Gasteiger partial charge in [0, 0.05) is 18.7 Å². The largest absolute Gasteiger partial charge is 0.497 e. The second kappa shape index (κ2) is 11.6. The van der Waals surface area contributed by atoms with Crippen LogP contribution in [0.5, 0.6) is 11.5 Å². The van der Waals surface area contributed by atoms with Crippen molar-refractivity contribution in [2.75, 3.05) is 53.9 Å². The topological polar surface area (TPSA) is 46.2 Å². The first-order valence-corrected chi connectivity index (χ1v) is 7.35. The van der Waals surface area contributed by atoms with Crippen molar-refractivity contribution >= 4 is 11.6 Å². The molecule has 0 spiro atoms. The van der Waals surface area contributed by atoms with E-state index in [9.17, 15) is 0 Å². The van der Waals surface area contributed by atoms with Crippen LogP contribution in [0.15, 0.2) is 18.2 Å². The number of ether oxygens (including phenoxy) is 5. The lowest BCUT2D eigenvalue weighted by molar-refractivity contribution is 0.0179.